The fourth-order valence-electron chi connectivity index (χ4n) is 1.84. The number of piperazine rings is 1. The number of carbonyl (C=O) groups is 1. The van der Waals surface area contributed by atoms with Crippen LogP contribution >= 0.6 is 11.6 Å². The molecule has 1 aromatic heterocycles. The van der Waals surface area contributed by atoms with Crippen LogP contribution in [-0.2, 0) is 9.84 Å². The van der Waals surface area contributed by atoms with Crippen LogP contribution in [0.15, 0.2) is 11.2 Å². The summed E-state index contributed by atoms with van der Waals surface area (Å²) in [4.78, 5) is 21.5. The van der Waals surface area contributed by atoms with Crippen LogP contribution in [0.3, 0.4) is 0 Å². The van der Waals surface area contributed by atoms with E-state index < -0.39 is 15.9 Å². The van der Waals surface area contributed by atoms with Crippen molar-refractivity contribution in [2.45, 2.75) is 5.16 Å². The predicted molar refractivity (Wildman–Crippen MR) is 72.0 cm³/mol. The first-order valence-corrected chi connectivity index (χ1v) is 8.02. The molecular weight excluding hydrogens is 308 g/mol. The van der Waals surface area contributed by atoms with Gasteiger partial charge in [0.25, 0.3) is 0 Å². The van der Waals surface area contributed by atoms with E-state index in [9.17, 15) is 13.2 Å². The van der Waals surface area contributed by atoms with Crippen LogP contribution < -0.4 is 4.90 Å². The van der Waals surface area contributed by atoms with Gasteiger partial charge in [0, 0.05) is 38.5 Å². The van der Waals surface area contributed by atoms with Crippen LogP contribution in [0.5, 0.6) is 0 Å². The van der Waals surface area contributed by atoms with Crippen molar-refractivity contribution in [2.75, 3.05) is 37.3 Å². The Balaban J connectivity index is 2.22. The van der Waals surface area contributed by atoms with Crippen molar-refractivity contribution in [3.8, 4) is 0 Å². The Kier molecular flexibility index (Phi) is 4.00. The van der Waals surface area contributed by atoms with Crippen molar-refractivity contribution in [1.82, 2.24) is 14.9 Å². The van der Waals surface area contributed by atoms with Gasteiger partial charge in [-0.2, -0.15) is 0 Å². The molecule has 2 heterocycles. The minimum absolute atomic E-state index is 0.0380. The molecule has 1 amide bonds. The molecule has 1 aliphatic rings. The van der Waals surface area contributed by atoms with Crippen molar-refractivity contribution in [3.63, 3.8) is 0 Å². The molecule has 10 heteroatoms. The van der Waals surface area contributed by atoms with Gasteiger partial charge in [0.15, 0.2) is 0 Å². The minimum atomic E-state index is -3.55. The monoisotopic (exact) mass is 320 g/mol. The molecule has 1 aromatic rings. The quantitative estimate of drug-likeness (QED) is 0.618. The third-order valence-corrected chi connectivity index (χ3v) is 3.91. The Hall–Kier alpha value is -1.61. The van der Waals surface area contributed by atoms with E-state index in [-0.39, 0.29) is 10.3 Å². The average molecular weight is 321 g/mol. The van der Waals surface area contributed by atoms with Crippen molar-refractivity contribution in [2.24, 2.45) is 0 Å². The van der Waals surface area contributed by atoms with E-state index in [1.165, 1.54) is 11.0 Å². The lowest BCUT2D eigenvalue weighted by atomic mass is 10.3. The summed E-state index contributed by atoms with van der Waals surface area (Å²) in [5, 5.41) is 8.58. The molecule has 1 fully saturated rings. The highest BCUT2D eigenvalue weighted by Gasteiger charge is 2.23. The standard InChI is InChI=1S/C10H13ClN4O4S/c1-20(18,19)9-12-7(11)6-8(13-9)14-2-4-15(5-3-14)10(16)17/h6H,2-5H2,1H3,(H,16,17). The molecule has 0 bridgehead atoms. The zero-order chi connectivity index (χ0) is 14.9. The number of sulfone groups is 1. The first-order chi connectivity index (χ1) is 9.27. The summed E-state index contributed by atoms with van der Waals surface area (Å²) in [6, 6.07) is 1.46. The summed E-state index contributed by atoms with van der Waals surface area (Å²) in [6.07, 6.45) is 0.0346. The largest absolute Gasteiger partial charge is 0.465 e. The molecule has 110 valence electrons. The van der Waals surface area contributed by atoms with Crippen LogP contribution in [-0.4, -0.2) is 66.9 Å². The number of carboxylic acid groups (broad SMARTS) is 1. The molecule has 1 N–H and O–H groups in total. The molecule has 0 unspecified atom stereocenters. The first kappa shape index (κ1) is 14.8. The van der Waals surface area contributed by atoms with Gasteiger partial charge in [0.1, 0.15) is 11.0 Å². The van der Waals surface area contributed by atoms with Gasteiger partial charge in [-0.3, -0.25) is 0 Å². The second-order valence-corrected chi connectivity index (χ2v) is 6.66. The molecule has 2 rings (SSSR count). The van der Waals surface area contributed by atoms with Crippen LogP contribution in [0.25, 0.3) is 0 Å². The zero-order valence-electron chi connectivity index (χ0n) is 10.7. The third-order valence-electron chi connectivity index (χ3n) is 2.87. The second-order valence-electron chi connectivity index (χ2n) is 4.36. The van der Waals surface area contributed by atoms with E-state index in [0.29, 0.717) is 32.0 Å². The first-order valence-electron chi connectivity index (χ1n) is 5.75. The molecule has 1 saturated heterocycles. The van der Waals surface area contributed by atoms with Crippen LogP contribution in [0.2, 0.25) is 5.15 Å². The van der Waals surface area contributed by atoms with E-state index in [0.717, 1.165) is 6.26 Å². The van der Waals surface area contributed by atoms with E-state index in [4.69, 9.17) is 16.7 Å². The Morgan fingerprint density at radius 2 is 1.90 bits per heavy atom. The number of amides is 1. The van der Waals surface area contributed by atoms with Crippen molar-refractivity contribution in [3.05, 3.63) is 11.2 Å². The van der Waals surface area contributed by atoms with Gasteiger partial charge >= 0.3 is 6.09 Å². The van der Waals surface area contributed by atoms with Crippen LogP contribution in [0, 0.1) is 0 Å². The number of hydrogen-bond donors (Lipinski definition) is 1. The molecular formula is C10H13ClN4O4S. The molecule has 1 aliphatic heterocycles. The maximum absolute atomic E-state index is 11.5. The van der Waals surface area contributed by atoms with Crippen molar-refractivity contribution in [1.29, 1.82) is 0 Å². The summed E-state index contributed by atoms with van der Waals surface area (Å²) in [5.74, 6) is 0.385. The Morgan fingerprint density at radius 3 is 2.40 bits per heavy atom. The maximum atomic E-state index is 11.5. The van der Waals surface area contributed by atoms with E-state index in [1.54, 1.807) is 4.90 Å². The smallest absolute Gasteiger partial charge is 0.407 e. The summed E-state index contributed by atoms with van der Waals surface area (Å²) >= 11 is 5.81. The highest BCUT2D eigenvalue weighted by molar-refractivity contribution is 7.90. The zero-order valence-corrected chi connectivity index (χ0v) is 12.2. The summed E-state index contributed by atoms with van der Waals surface area (Å²) in [6.45, 7) is 1.49. The van der Waals surface area contributed by atoms with Gasteiger partial charge < -0.3 is 14.9 Å². The lowest BCUT2D eigenvalue weighted by Gasteiger charge is -2.33. The molecule has 0 spiro atoms. The normalized spacial score (nSPS) is 16.3. The van der Waals surface area contributed by atoms with E-state index in [2.05, 4.69) is 9.97 Å². The van der Waals surface area contributed by atoms with Crippen molar-refractivity contribution < 1.29 is 18.3 Å². The van der Waals surface area contributed by atoms with Crippen LogP contribution in [0.1, 0.15) is 0 Å². The number of nitrogens with zero attached hydrogens (tertiary/aromatic N) is 4. The second kappa shape index (κ2) is 5.41. The molecule has 0 aromatic carbocycles. The van der Waals surface area contributed by atoms with Gasteiger partial charge in [-0.1, -0.05) is 11.6 Å². The summed E-state index contributed by atoms with van der Waals surface area (Å²) in [5.41, 5.74) is 0. The number of rotatable bonds is 2. The summed E-state index contributed by atoms with van der Waals surface area (Å²) in [7, 11) is -3.55. The van der Waals surface area contributed by atoms with Crippen molar-refractivity contribution >= 4 is 33.3 Å². The van der Waals surface area contributed by atoms with Gasteiger partial charge in [-0.05, 0) is 0 Å². The molecule has 0 radical (unpaired) electrons. The van der Waals surface area contributed by atoms with E-state index >= 15 is 0 Å². The van der Waals surface area contributed by atoms with Gasteiger partial charge in [0.2, 0.25) is 15.0 Å². The van der Waals surface area contributed by atoms with Gasteiger partial charge in [0.05, 0.1) is 0 Å². The summed E-state index contributed by atoms with van der Waals surface area (Å²) < 4.78 is 22.9. The Labute approximate surface area is 120 Å². The molecule has 0 aliphatic carbocycles. The highest BCUT2D eigenvalue weighted by Crippen LogP contribution is 2.19. The predicted octanol–water partition coefficient (Wildman–Crippen LogP) is 0.333. The topological polar surface area (TPSA) is 104 Å². The lowest BCUT2D eigenvalue weighted by Crippen LogP contribution is -2.48. The number of anilines is 1. The molecule has 20 heavy (non-hydrogen) atoms. The minimum Gasteiger partial charge on any atom is -0.465 e. The Morgan fingerprint density at radius 1 is 1.30 bits per heavy atom. The molecule has 0 saturated carbocycles. The average Bonchev–Trinajstić information content (AvgIpc) is 2.37. The lowest BCUT2D eigenvalue weighted by molar-refractivity contribution is 0.142. The number of aromatic nitrogens is 2. The SMILES string of the molecule is CS(=O)(=O)c1nc(Cl)cc(N2CCN(C(=O)O)CC2)n1. The van der Waals surface area contributed by atoms with Gasteiger partial charge in [-0.25, -0.2) is 23.2 Å². The number of hydrogen-bond acceptors (Lipinski definition) is 6. The fraction of sp³-hybridized carbons (Fsp3) is 0.500. The third kappa shape index (κ3) is 3.28. The van der Waals surface area contributed by atoms with E-state index in [1.807, 2.05) is 0 Å². The Bertz CT molecular complexity index is 628. The molecule has 8 nitrogen and oxygen atoms in total. The molecule has 0 atom stereocenters. The van der Waals surface area contributed by atoms with Crippen LogP contribution in [0.4, 0.5) is 10.6 Å². The highest BCUT2D eigenvalue weighted by atomic mass is 35.5. The maximum Gasteiger partial charge on any atom is 0.407 e. The fourth-order valence-corrected chi connectivity index (χ4v) is 2.59. The van der Waals surface area contributed by atoms with Gasteiger partial charge in [-0.15, -0.1) is 0 Å². The number of halogens is 1.